The highest BCUT2D eigenvalue weighted by Gasteiger charge is 2.17. The van der Waals surface area contributed by atoms with Crippen molar-refractivity contribution in [1.82, 2.24) is 16.0 Å². The first-order valence-corrected chi connectivity index (χ1v) is 7.46. The number of carbonyl (C=O) groups excluding carboxylic acids is 3. The second-order valence-electron chi connectivity index (χ2n) is 5.54. The molecule has 1 atom stereocenters. The molecule has 0 unspecified atom stereocenters. The quantitative estimate of drug-likeness (QED) is 0.558. The Morgan fingerprint density at radius 1 is 1.08 bits per heavy atom. The third-order valence-corrected chi connectivity index (χ3v) is 3.38. The van der Waals surface area contributed by atoms with E-state index < -0.39 is 6.04 Å². The van der Waals surface area contributed by atoms with Crippen molar-refractivity contribution in [1.29, 1.82) is 0 Å². The molecule has 8 heteroatoms. The van der Waals surface area contributed by atoms with E-state index in [0.29, 0.717) is 12.1 Å². The minimum Gasteiger partial charge on any atom is -0.355 e. The van der Waals surface area contributed by atoms with Crippen molar-refractivity contribution in [2.24, 2.45) is 11.7 Å². The molecule has 0 saturated heterocycles. The smallest absolute Gasteiger partial charge is 0.251 e. The third kappa shape index (κ3) is 6.97. The molecule has 1 rings (SSSR count). The van der Waals surface area contributed by atoms with Crippen molar-refractivity contribution in [3.8, 4) is 0 Å². The molecule has 0 bridgehead atoms. The van der Waals surface area contributed by atoms with Gasteiger partial charge in [-0.25, -0.2) is 0 Å². The Labute approximate surface area is 148 Å². The molecule has 0 radical (unpaired) electrons. The molecule has 134 valence electrons. The number of halogens is 1. The van der Waals surface area contributed by atoms with Gasteiger partial charge in [-0.2, -0.15) is 0 Å². The van der Waals surface area contributed by atoms with E-state index in [4.69, 9.17) is 5.73 Å². The monoisotopic (exact) mass is 356 g/mol. The maximum absolute atomic E-state index is 11.7. The van der Waals surface area contributed by atoms with Crippen molar-refractivity contribution >= 4 is 30.1 Å². The summed E-state index contributed by atoms with van der Waals surface area (Å²) in [6, 6.07) is 6.27. The lowest BCUT2D eigenvalue weighted by molar-refractivity contribution is -0.127. The Kier molecular flexibility index (Phi) is 9.68. The van der Waals surface area contributed by atoms with Gasteiger partial charge in [0.15, 0.2) is 0 Å². The van der Waals surface area contributed by atoms with Crippen LogP contribution in [0.15, 0.2) is 24.3 Å². The molecule has 5 N–H and O–H groups in total. The summed E-state index contributed by atoms with van der Waals surface area (Å²) in [4.78, 5) is 34.8. The van der Waals surface area contributed by atoms with Crippen LogP contribution < -0.4 is 21.7 Å². The summed E-state index contributed by atoms with van der Waals surface area (Å²) in [5.74, 6) is -0.795. The highest BCUT2D eigenvalue weighted by atomic mass is 35.5. The molecule has 0 aliphatic carbocycles. The van der Waals surface area contributed by atoms with E-state index in [2.05, 4.69) is 16.0 Å². The first-order chi connectivity index (χ1) is 10.8. The zero-order valence-electron chi connectivity index (χ0n) is 14.1. The average Bonchev–Trinajstić information content (AvgIpc) is 2.56. The minimum atomic E-state index is -0.625. The maximum Gasteiger partial charge on any atom is 0.251 e. The van der Waals surface area contributed by atoms with Crippen LogP contribution in [-0.4, -0.2) is 37.4 Å². The summed E-state index contributed by atoms with van der Waals surface area (Å²) in [6.45, 7) is 3.88. The second-order valence-corrected chi connectivity index (χ2v) is 5.54. The molecule has 7 nitrogen and oxygen atoms in total. The van der Waals surface area contributed by atoms with Crippen LogP contribution in [-0.2, 0) is 16.1 Å². The zero-order chi connectivity index (χ0) is 17.4. The van der Waals surface area contributed by atoms with Gasteiger partial charge >= 0.3 is 0 Å². The molecule has 0 saturated carbocycles. The number of hydrogen-bond acceptors (Lipinski definition) is 4. The third-order valence-electron chi connectivity index (χ3n) is 3.38. The highest BCUT2D eigenvalue weighted by molar-refractivity contribution is 5.94. The minimum absolute atomic E-state index is 0. The predicted octanol–water partition coefficient (Wildman–Crippen LogP) is 0.184. The Hall–Kier alpha value is -2.12. The van der Waals surface area contributed by atoms with Gasteiger partial charge in [0.2, 0.25) is 11.8 Å². The van der Waals surface area contributed by atoms with Crippen molar-refractivity contribution in [2.75, 3.05) is 13.6 Å². The maximum atomic E-state index is 11.7. The summed E-state index contributed by atoms with van der Waals surface area (Å²) in [5, 5.41) is 7.73. The molecular weight excluding hydrogens is 332 g/mol. The molecule has 1 aromatic rings. The van der Waals surface area contributed by atoms with Crippen LogP contribution >= 0.6 is 12.4 Å². The number of benzene rings is 1. The number of carbonyl (C=O) groups is 3. The summed E-state index contributed by atoms with van der Waals surface area (Å²) >= 11 is 0. The van der Waals surface area contributed by atoms with Crippen LogP contribution in [0.5, 0.6) is 0 Å². The van der Waals surface area contributed by atoms with Crippen molar-refractivity contribution < 1.29 is 14.4 Å². The molecule has 0 aromatic heterocycles. The van der Waals surface area contributed by atoms with E-state index in [9.17, 15) is 14.4 Å². The van der Waals surface area contributed by atoms with Crippen LogP contribution in [0, 0.1) is 5.92 Å². The van der Waals surface area contributed by atoms with Crippen molar-refractivity contribution in [3.63, 3.8) is 0 Å². The largest absolute Gasteiger partial charge is 0.355 e. The topological polar surface area (TPSA) is 113 Å². The van der Waals surface area contributed by atoms with Gasteiger partial charge in [-0.15, -0.1) is 12.4 Å². The molecule has 0 heterocycles. The van der Waals surface area contributed by atoms with Gasteiger partial charge in [-0.3, -0.25) is 14.4 Å². The molecule has 1 aromatic carbocycles. The lowest BCUT2D eigenvalue weighted by Crippen LogP contribution is -2.47. The van der Waals surface area contributed by atoms with E-state index >= 15 is 0 Å². The summed E-state index contributed by atoms with van der Waals surface area (Å²) in [7, 11) is 1.57. The van der Waals surface area contributed by atoms with Gasteiger partial charge in [-0.05, 0) is 23.6 Å². The Morgan fingerprint density at radius 2 is 1.67 bits per heavy atom. The van der Waals surface area contributed by atoms with Crippen LogP contribution in [0.25, 0.3) is 0 Å². The number of rotatable bonds is 7. The lowest BCUT2D eigenvalue weighted by atomic mass is 10.1. The Morgan fingerprint density at radius 3 is 2.17 bits per heavy atom. The first-order valence-electron chi connectivity index (χ1n) is 7.46. The molecule has 0 fully saturated rings. The van der Waals surface area contributed by atoms with Crippen LogP contribution in [0.1, 0.15) is 29.8 Å². The number of nitrogens with two attached hydrogens (primary N) is 1. The predicted molar refractivity (Wildman–Crippen MR) is 94.8 cm³/mol. The van der Waals surface area contributed by atoms with E-state index in [1.165, 1.54) is 0 Å². The fourth-order valence-corrected chi connectivity index (χ4v) is 1.77. The SMILES string of the molecule is CNC(=O)c1ccc(CNC(=O)CNC(=O)[C@@H](N)C(C)C)cc1.Cl. The molecule has 24 heavy (non-hydrogen) atoms. The van der Waals surface area contributed by atoms with Gasteiger partial charge in [0.25, 0.3) is 5.91 Å². The number of hydrogen-bond donors (Lipinski definition) is 4. The first kappa shape index (κ1) is 21.9. The standard InChI is InChI=1S/C16H24N4O3.ClH/c1-10(2)14(17)16(23)20-9-13(21)19-8-11-4-6-12(7-5-11)15(22)18-3;/h4-7,10,14H,8-9,17H2,1-3H3,(H,18,22)(H,19,21)(H,20,23);1H/t14-;/m0./s1. The number of nitrogens with one attached hydrogen (secondary N) is 3. The van der Waals surface area contributed by atoms with E-state index in [-0.39, 0.29) is 42.6 Å². The van der Waals surface area contributed by atoms with Gasteiger partial charge in [0.05, 0.1) is 12.6 Å². The summed E-state index contributed by atoms with van der Waals surface area (Å²) < 4.78 is 0. The number of amides is 3. The highest BCUT2D eigenvalue weighted by Crippen LogP contribution is 2.04. The Balaban J connectivity index is 0.00000529. The fraction of sp³-hybridized carbons (Fsp3) is 0.438. The van der Waals surface area contributed by atoms with Gasteiger partial charge in [0.1, 0.15) is 0 Å². The Bertz CT molecular complexity index is 561. The summed E-state index contributed by atoms with van der Waals surface area (Å²) in [5.41, 5.74) is 7.10. The zero-order valence-corrected chi connectivity index (χ0v) is 14.9. The van der Waals surface area contributed by atoms with Crippen LogP contribution in [0.3, 0.4) is 0 Å². The average molecular weight is 357 g/mol. The summed E-state index contributed by atoms with van der Waals surface area (Å²) in [6.07, 6.45) is 0. The van der Waals surface area contributed by atoms with Gasteiger partial charge in [0, 0.05) is 19.2 Å². The van der Waals surface area contributed by atoms with Gasteiger partial charge < -0.3 is 21.7 Å². The van der Waals surface area contributed by atoms with Gasteiger partial charge in [-0.1, -0.05) is 26.0 Å². The normalized spacial score (nSPS) is 11.2. The second kappa shape index (κ2) is 10.6. The van der Waals surface area contributed by atoms with E-state index in [1.54, 1.807) is 31.3 Å². The van der Waals surface area contributed by atoms with Crippen LogP contribution in [0.4, 0.5) is 0 Å². The fourth-order valence-electron chi connectivity index (χ4n) is 1.77. The molecule has 0 aliphatic rings. The molecule has 0 spiro atoms. The van der Waals surface area contributed by atoms with Crippen LogP contribution in [0.2, 0.25) is 0 Å². The van der Waals surface area contributed by atoms with Crippen molar-refractivity contribution in [2.45, 2.75) is 26.4 Å². The lowest BCUT2D eigenvalue weighted by Gasteiger charge is -2.15. The molecular formula is C16H25ClN4O3. The van der Waals surface area contributed by atoms with E-state index in [1.807, 2.05) is 13.8 Å². The molecule has 3 amide bonds. The molecule has 0 aliphatic heterocycles. The van der Waals surface area contributed by atoms with Crippen molar-refractivity contribution in [3.05, 3.63) is 35.4 Å². The van der Waals surface area contributed by atoms with E-state index in [0.717, 1.165) is 5.56 Å².